The molecule has 0 saturated carbocycles. The van der Waals surface area contributed by atoms with Crippen LogP contribution in [0.4, 0.5) is 0 Å². The van der Waals surface area contributed by atoms with Gasteiger partial charge in [0.05, 0.1) is 12.1 Å². The Morgan fingerprint density at radius 3 is 2.50 bits per heavy atom. The molecular formula is C21H25N3O4. The maximum absolute atomic E-state index is 12.3. The Morgan fingerprint density at radius 1 is 1.11 bits per heavy atom. The van der Waals surface area contributed by atoms with Crippen molar-refractivity contribution < 1.29 is 19.5 Å². The van der Waals surface area contributed by atoms with Crippen LogP contribution < -0.4 is 10.6 Å². The van der Waals surface area contributed by atoms with Gasteiger partial charge in [-0.25, -0.2) is 4.79 Å². The van der Waals surface area contributed by atoms with E-state index < -0.39 is 23.8 Å². The van der Waals surface area contributed by atoms with Crippen LogP contribution >= 0.6 is 0 Å². The first-order valence-electron chi connectivity index (χ1n) is 9.08. The number of aliphatic carboxylic acids is 1. The molecule has 0 aliphatic rings. The minimum atomic E-state index is -1.09. The lowest BCUT2D eigenvalue weighted by Gasteiger charge is -2.16. The van der Waals surface area contributed by atoms with Gasteiger partial charge in [0.15, 0.2) is 0 Å². The molecule has 2 rings (SSSR count). The fourth-order valence-corrected chi connectivity index (χ4v) is 2.75. The highest BCUT2D eigenvalue weighted by Crippen LogP contribution is 2.20. The summed E-state index contributed by atoms with van der Waals surface area (Å²) in [6.45, 7) is 5.42. The predicted molar refractivity (Wildman–Crippen MR) is 106 cm³/mol. The number of carboxylic acid groups (broad SMARTS) is 1. The van der Waals surface area contributed by atoms with Crippen molar-refractivity contribution in [3.8, 4) is 11.1 Å². The van der Waals surface area contributed by atoms with E-state index in [0.29, 0.717) is 12.0 Å². The second-order valence-corrected chi connectivity index (χ2v) is 7.10. The van der Waals surface area contributed by atoms with Crippen molar-refractivity contribution >= 4 is 17.8 Å². The molecule has 1 aromatic carbocycles. The summed E-state index contributed by atoms with van der Waals surface area (Å²) in [5.41, 5.74) is 3.16. The molecule has 1 atom stereocenters. The Balaban J connectivity index is 1.98. The number of pyridine rings is 1. The average Bonchev–Trinajstić information content (AvgIpc) is 2.65. The molecule has 0 spiro atoms. The molecule has 0 aliphatic carbocycles. The number of carboxylic acids is 1. The normalized spacial score (nSPS) is 11.7. The second kappa shape index (κ2) is 9.64. The maximum Gasteiger partial charge on any atom is 0.326 e. The van der Waals surface area contributed by atoms with Crippen molar-refractivity contribution in [3.63, 3.8) is 0 Å². The van der Waals surface area contributed by atoms with E-state index in [1.165, 1.54) is 6.20 Å². The van der Waals surface area contributed by atoms with E-state index in [2.05, 4.69) is 15.6 Å². The van der Waals surface area contributed by atoms with Crippen molar-refractivity contribution in [2.24, 2.45) is 5.92 Å². The summed E-state index contributed by atoms with van der Waals surface area (Å²) in [7, 11) is 0. The molecule has 0 radical (unpaired) electrons. The van der Waals surface area contributed by atoms with Gasteiger partial charge in [-0.3, -0.25) is 14.6 Å². The zero-order valence-electron chi connectivity index (χ0n) is 16.2. The summed E-state index contributed by atoms with van der Waals surface area (Å²) in [6.07, 6.45) is 3.41. The highest BCUT2D eigenvalue weighted by atomic mass is 16.4. The van der Waals surface area contributed by atoms with Crippen molar-refractivity contribution in [1.29, 1.82) is 0 Å². The van der Waals surface area contributed by atoms with Crippen LogP contribution in [0.3, 0.4) is 0 Å². The molecule has 7 heteroatoms. The molecule has 3 N–H and O–H groups in total. The lowest BCUT2D eigenvalue weighted by Crippen LogP contribution is -2.46. The van der Waals surface area contributed by atoms with Crippen LogP contribution in [-0.4, -0.2) is 40.5 Å². The molecule has 1 aromatic heterocycles. The minimum Gasteiger partial charge on any atom is -0.480 e. The Hall–Kier alpha value is -3.22. The van der Waals surface area contributed by atoms with E-state index in [-0.39, 0.29) is 12.5 Å². The second-order valence-electron chi connectivity index (χ2n) is 7.10. The number of carbonyl (C=O) groups excluding carboxylic acids is 2. The molecule has 0 saturated heterocycles. The first-order chi connectivity index (χ1) is 13.3. The Morgan fingerprint density at radius 2 is 1.86 bits per heavy atom. The number of benzene rings is 1. The highest BCUT2D eigenvalue weighted by molar-refractivity contribution is 5.97. The maximum atomic E-state index is 12.3. The molecule has 2 aromatic rings. The van der Waals surface area contributed by atoms with Crippen molar-refractivity contribution in [3.05, 3.63) is 53.9 Å². The topological polar surface area (TPSA) is 108 Å². The summed E-state index contributed by atoms with van der Waals surface area (Å²) < 4.78 is 0. The van der Waals surface area contributed by atoms with Gasteiger partial charge < -0.3 is 15.7 Å². The molecule has 28 heavy (non-hydrogen) atoms. The largest absolute Gasteiger partial charge is 0.480 e. The third kappa shape index (κ3) is 6.19. The zero-order chi connectivity index (χ0) is 20.7. The van der Waals surface area contributed by atoms with Crippen molar-refractivity contribution in [2.45, 2.75) is 33.2 Å². The SMILES string of the molecule is Cc1cccc(-c2cncc(C(=O)NCC(=O)N[C@@H](CC(C)C)C(=O)O)c2)c1. The molecule has 0 bridgehead atoms. The van der Waals surface area contributed by atoms with Crippen LogP contribution in [0, 0.1) is 12.8 Å². The number of nitrogens with one attached hydrogen (secondary N) is 2. The van der Waals surface area contributed by atoms with Crippen molar-refractivity contribution in [2.75, 3.05) is 6.54 Å². The molecule has 2 amide bonds. The number of nitrogens with zero attached hydrogens (tertiary/aromatic N) is 1. The third-order valence-corrected chi connectivity index (χ3v) is 4.10. The van der Waals surface area contributed by atoms with E-state index in [1.54, 1.807) is 12.3 Å². The quantitative estimate of drug-likeness (QED) is 0.649. The van der Waals surface area contributed by atoms with Crippen LogP contribution in [-0.2, 0) is 9.59 Å². The van der Waals surface area contributed by atoms with E-state index in [4.69, 9.17) is 0 Å². The Kier molecular flexibility index (Phi) is 7.26. The molecule has 148 valence electrons. The zero-order valence-corrected chi connectivity index (χ0v) is 16.2. The van der Waals surface area contributed by atoms with E-state index in [9.17, 15) is 19.5 Å². The lowest BCUT2D eigenvalue weighted by molar-refractivity contribution is -0.142. The first-order valence-corrected chi connectivity index (χ1v) is 9.08. The molecule has 0 aliphatic heterocycles. The number of hydrogen-bond acceptors (Lipinski definition) is 4. The van der Waals surface area contributed by atoms with Crippen LogP contribution in [0.25, 0.3) is 11.1 Å². The smallest absolute Gasteiger partial charge is 0.326 e. The summed E-state index contributed by atoms with van der Waals surface area (Å²) in [6, 6.07) is 8.56. The standard InChI is InChI=1S/C21H25N3O4/c1-13(2)7-18(21(27)28)24-19(25)12-23-20(26)17-9-16(10-22-11-17)15-6-4-5-14(3)8-15/h4-6,8-11,13,18H,7,12H2,1-3H3,(H,23,26)(H,24,25)(H,27,28)/t18-/m0/s1. The van der Waals surface area contributed by atoms with Gasteiger partial charge in [-0.05, 0) is 30.9 Å². The van der Waals surface area contributed by atoms with Crippen LogP contribution in [0.15, 0.2) is 42.7 Å². The fraction of sp³-hybridized carbons (Fsp3) is 0.333. The van der Waals surface area contributed by atoms with Gasteiger partial charge >= 0.3 is 5.97 Å². The summed E-state index contributed by atoms with van der Waals surface area (Å²) in [5.74, 6) is -1.98. The number of amides is 2. The molecule has 0 fully saturated rings. The molecule has 7 nitrogen and oxygen atoms in total. The van der Waals surface area contributed by atoms with Gasteiger partial charge in [-0.15, -0.1) is 0 Å². The number of hydrogen-bond donors (Lipinski definition) is 3. The summed E-state index contributed by atoms with van der Waals surface area (Å²) >= 11 is 0. The minimum absolute atomic E-state index is 0.117. The predicted octanol–water partition coefficient (Wildman–Crippen LogP) is 2.40. The van der Waals surface area contributed by atoms with E-state index in [1.807, 2.05) is 45.0 Å². The molecular weight excluding hydrogens is 358 g/mol. The van der Waals surface area contributed by atoms with Gasteiger partial charge in [0.25, 0.3) is 5.91 Å². The number of rotatable bonds is 8. The van der Waals surface area contributed by atoms with Gasteiger partial charge in [0, 0.05) is 18.0 Å². The van der Waals surface area contributed by atoms with Gasteiger partial charge in [0.2, 0.25) is 5.91 Å². The first kappa shape index (κ1) is 21.1. The van der Waals surface area contributed by atoms with Crippen LogP contribution in [0.5, 0.6) is 0 Å². The summed E-state index contributed by atoms with van der Waals surface area (Å²) in [5, 5.41) is 14.1. The van der Waals surface area contributed by atoms with Crippen LogP contribution in [0.2, 0.25) is 0 Å². The number of carbonyl (C=O) groups is 3. The number of aryl methyl sites for hydroxylation is 1. The van der Waals surface area contributed by atoms with E-state index >= 15 is 0 Å². The lowest BCUT2D eigenvalue weighted by atomic mass is 10.0. The van der Waals surface area contributed by atoms with Crippen LogP contribution in [0.1, 0.15) is 36.2 Å². The Bertz CT molecular complexity index is 864. The number of aromatic nitrogens is 1. The van der Waals surface area contributed by atoms with Gasteiger partial charge in [0.1, 0.15) is 6.04 Å². The van der Waals surface area contributed by atoms with Crippen molar-refractivity contribution in [1.82, 2.24) is 15.6 Å². The highest BCUT2D eigenvalue weighted by Gasteiger charge is 2.21. The third-order valence-electron chi connectivity index (χ3n) is 4.10. The summed E-state index contributed by atoms with van der Waals surface area (Å²) in [4.78, 5) is 39.7. The monoisotopic (exact) mass is 383 g/mol. The molecule has 0 unspecified atom stereocenters. The van der Waals surface area contributed by atoms with Gasteiger partial charge in [-0.1, -0.05) is 43.7 Å². The average molecular weight is 383 g/mol. The van der Waals surface area contributed by atoms with E-state index in [0.717, 1.165) is 16.7 Å². The Labute approximate surface area is 164 Å². The fourth-order valence-electron chi connectivity index (χ4n) is 2.75. The molecule has 1 heterocycles. The van der Waals surface area contributed by atoms with Gasteiger partial charge in [-0.2, -0.15) is 0 Å².